The fourth-order valence-corrected chi connectivity index (χ4v) is 4.56. The van der Waals surface area contributed by atoms with Gasteiger partial charge in [-0.3, -0.25) is 9.78 Å². The summed E-state index contributed by atoms with van der Waals surface area (Å²) in [6, 6.07) is 9.51. The van der Waals surface area contributed by atoms with Gasteiger partial charge < -0.3 is 5.32 Å². The highest BCUT2D eigenvalue weighted by Gasteiger charge is 2.18. The Balaban J connectivity index is 1.72. The molecule has 3 rings (SSSR count). The molecule has 2 heterocycles. The van der Waals surface area contributed by atoms with Crippen LogP contribution in [0.5, 0.6) is 0 Å². The largest absolute Gasteiger partial charge is 0.324 e. The Morgan fingerprint density at radius 3 is 2.83 bits per heavy atom. The number of amides is 1. The van der Waals surface area contributed by atoms with Crippen LogP contribution in [0.15, 0.2) is 45.2 Å². The maximum absolute atomic E-state index is 12.4. The van der Waals surface area contributed by atoms with Crippen LogP contribution in [0.25, 0.3) is 10.9 Å². The zero-order valence-electron chi connectivity index (χ0n) is 12.5. The first-order valence-electron chi connectivity index (χ1n) is 6.86. The third-order valence-corrected chi connectivity index (χ3v) is 6.20. The van der Waals surface area contributed by atoms with Crippen LogP contribution < -0.4 is 5.32 Å². The van der Waals surface area contributed by atoms with E-state index in [-0.39, 0.29) is 11.2 Å². The Bertz CT molecular complexity index is 831. The second kappa shape index (κ2) is 7.29. The molecule has 0 aliphatic rings. The molecule has 0 saturated heterocycles. The highest BCUT2D eigenvalue weighted by Crippen LogP contribution is 2.31. The SMILES string of the molecule is CSc1nnc(SC(C)C(=O)Nc2cccc3ncccc23)s1. The zero-order valence-corrected chi connectivity index (χ0v) is 15.0. The maximum atomic E-state index is 12.4. The fraction of sp³-hybridized carbons (Fsp3) is 0.200. The second-order valence-electron chi connectivity index (χ2n) is 4.66. The third-order valence-electron chi connectivity index (χ3n) is 3.11. The standard InChI is InChI=1S/C15H14N4OS3/c1-9(22-15-19-18-14(21-2)23-15)13(20)17-12-7-3-6-11-10(12)5-4-8-16-11/h3-9H,1-2H3,(H,17,20). The molecular formula is C15H14N4OS3. The molecule has 0 fully saturated rings. The lowest BCUT2D eigenvalue weighted by Gasteiger charge is -2.12. The number of pyridine rings is 1. The Kier molecular flexibility index (Phi) is 5.14. The van der Waals surface area contributed by atoms with Gasteiger partial charge in [-0.1, -0.05) is 40.9 Å². The van der Waals surface area contributed by atoms with Crippen molar-refractivity contribution in [3.05, 3.63) is 36.5 Å². The minimum atomic E-state index is -0.260. The van der Waals surface area contributed by atoms with Gasteiger partial charge in [0.15, 0.2) is 8.68 Å². The molecule has 2 aromatic heterocycles. The molecule has 0 bridgehead atoms. The molecule has 0 radical (unpaired) electrons. The van der Waals surface area contributed by atoms with Gasteiger partial charge in [-0.15, -0.1) is 10.2 Å². The number of hydrogen-bond donors (Lipinski definition) is 1. The first-order valence-corrected chi connectivity index (χ1v) is 9.78. The number of rotatable bonds is 5. The Morgan fingerprint density at radius 2 is 2.04 bits per heavy atom. The van der Waals surface area contributed by atoms with Crippen LogP contribution in [-0.2, 0) is 4.79 Å². The number of carbonyl (C=O) groups excluding carboxylic acids is 1. The van der Waals surface area contributed by atoms with E-state index in [0.717, 1.165) is 25.3 Å². The third kappa shape index (κ3) is 3.82. The van der Waals surface area contributed by atoms with E-state index in [1.807, 2.05) is 43.5 Å². The van der Waals surface area contributed by atoms with Gasteiger partial charge >= 0.3 is 0 Å². The molecular weight excluding hydrogens is 348 g/mol. The van der Waals surface area contributed by atoms with Crippen molar-refractivity contribution in [2.24, 2.45) is 0 Å². The molecule has 3 aromatic rings. The maximum Gasteiger partial charge on any atom is 0.237 e. The van der Waals surface area contributed by atoms with Crippen LogP contribution in [0.3, 0.4) is 0 Å². The Hall–Kier alpha value is -1.64. The van der Waals surface area contributed by atoms with Crippen molar-refractivity contribution in [1.82, 2.24) is 15.2 Å². The number of carbonyl (C=O) groups is 1. The highest BCUT2D eigenvalue weighted by atomic mass is 32.2. The molecule has 1 unspecified atom stereocenters. The van der Waals surface area contributed by atoms with E-state index in [1.165, 1.54) is 23.1 Å². The molecule has 5 nitrogen and oxygen atoms in total. The lowest BCUT2D eigenvalue weighted by Crippen LogP contribution is -2.22. The number of benzene rings is 1. The van der Waals surface area contributed by atoms with Crippen molar-refractivity contribution in [2.75, 3.05) is 11.6 Å². The first kappa shape index (κ1) is 16.2. The number of aromatic nitrogens is 3. The minimum Gasteiger partial charge on any atom is -0.324 e. The molecule has 1 atom stereocenters. The molecule has 23 heavy (non-hydrogen) atoms. The van der Waals surface area contributed by atoms with Crippen molar-refractivity contribution >= 4 is 57.4 Å². The quantitative estimate of drug-likeness (QED) is 0.694. The van der Waals surface area contributed by atoms with E-state index in [0.29, 0.717) is 0 Å². The summed E-state index contributed by atoms with van der Waals surface area (Å²) in [5, 5.41) is 11.8. The number of anilines is 1. The highest BCUT2D eigenvalue weighted by molar-refractivity contribution is 8.03. The van der Waals surface area contributed by atoms with Gasteiger partial charge in [0, 0.05) is 11.6 Å². The van der Waals surface area contributed by atoms with Crippen molar-refractivity contribution in [3.8, 4) is 0 Å². The molecule has 1 aromatic carbocycles. The van der Waals surface area contributed by atoms with Crippen LogP contribution >= 0.6 is 34.9 Å². The van der Waals surface area contributed by atoms with Gasteiger partial charge in [-0.05, 0) is 37.4 Å². The van der Waals surface area contributed by atoms with E-state index in [1.54, 1.807) is 18.0 Å². The smallest absolute Gasteiger partial charge is 0.237 e. The van der Waals surface area contributed by atoms with E-state index in [9.17, 15) is 4.79 Å². The van der Waals surface area contributed by atoms with E-state index < -0.39 is 0 Å². The van der Waals surface area contributed by atoms with Crippen molar-refractivity contribution in [2.45, 2.75) is 20.9 Å². The fourth-order valence-electron chi connectivity index (χ4n) is 1.98. The topological polar surface area (TPSA) is 67.8 Å². The monoisotopic (exact) mass is 362 g/mol. The summed E-state index contributed by atoms with van der Waals surface area (Å²) in [4.78, 5) is 16.7. The number of nitrogens with zero attached hydrogens (tertiary/aromatic N) is 3. The van der Waals surface area contributed by atoms with Crippen molar-refractivity contribution < 1.29 is 4.79 Å². The van der Waals surface area contributed by atoms with Crippen molar-refractivity contribution in [1.29, 1.82) is 0 Å². The average Bonchev–Trinajstić information content (AvgIpc) is 3.02. The zero-order chi connectivity index (χ0) is 16.2. The first-order chi connectivity index (χ1) is 11.2. The molecule has 0 aliphatic carbocycles. The molecule has 8 heteroatoms. The number of hydrogen-bond acceptors (Lipinski definition) is 7. The van der Waals surface area contributed by atoms with Crippen LogP contribution in [0, 0.1) is 0 Å². The normalized spacial score (nSPS) is 12.3. The van der Waals surface area contributed by atoms with Gasteiger partial charge in [0.05, 0.1) is 16.5 Å². The van der Waals surface area contributed by atoms with Crippen LogP contribution in [0.2, 0.25) is 0 Å². The molecule has 1 amide bonds. The summed E-state index contributed by atoms with van der Waals surface area (Å²) in [6.45, 7) is 1.86. The summed E-state index contributed by atoms with van der Waals surface area (Å²) < 4.78 is 1.71. The predicted octanol–water partition coefficient (Wildman–Crippen LogP) is 3.93. The Morgan fingerprint density at radius 1 is 1.22 bits per heavy atom. The number of fused-ring (bicyclic) bond motifs is 1. The molecule has 118 valence electrons. The van der Waals surface area contributed by atoms with Gasteiger partial charge in [0.1, 0.15) is 0 Å². The predicted molar refractivity (Wildman–Crippen MR) is 97.4 cm³/mol. The second-order valence-corrected chi connectivity index (χ2v) is 8.28. The van der Waals surface area contributed by atoms with E-state index in [4.69, 9.17) is 0 Å². The molecule has 1 N–H and O–H groups in total. The summed E-state index contributed by atoms with van der Waals surface area (Å²) >= 11 is 4.47. The minimum absolute atomic E-state index is 0.0627. The Labute approximate surface area is 146 Å². The average molecular weight is 363 g/mol. The van der Waals surface area contributed by atoms with Gasteiger partial charge in [-0.2, -0.15) is 0 Å². The van der Waals surface area contributed by atoms with Gasteiger partial charge in [0.25, 0.3) is 0 Å². The van der Waals surface area contributed by atoms with Crippen molar-refractivity contribution in [3.63, 3.8) is 0 Å². The van der Waals surface area contributed by atoms with Crippen LogP contribution in [0.4, 0.5) is 5.69 Å². The van der Waals surface area contributed by atoms with Gasteiger partial charge in [0.2, 0.25) is 5.91 Å². The summed E-state index contributed by atoms with van der Waals surface area (Å²) in [6.07, 6.45) is 3.70. The summed E-state index contributed by atoms with van der Waals surface area (Å²) in [5.74, 6) is -0.0627. The van der Waals surface area contributed by atoms with E-state index >= 15 is 0 Å². The summed E-state index contributed by atoms with van der Waals surface area (Å²) in [5.41, 5.74) is 1.63. The number of nitrogens with one attached hydrogen (secondary N) is 1. The molecule has 0 spiro atoms. The molecule has 0 saturated carbocycles. The lowest BCUT2D eigenvalue weighted by molar-refractivity contribution is -0.115. The lowest BCUT2D eigenvalue weighted by atomic mass is 10.2. The summed E-state index contributed by atoms with van der Waals surface area (Å²) in [7, 11) is 0. The van der Waals surface area contributed by atoms with Gasteiger partial charge in [-0.25, -0.2) is 0 Å². The van der Waals surface area contributed by atoms with Crippen LogP contribution in [0.1, 0.15) is 6.92 Å². The van der Waals surface area contributed by atoms with Crippen LogP contribution in [-0.4, -0.2) is 32.6 Å². The molecule has 0 aliphatic heterocycles. The number of thioether (sulfide) groups is 2. The van der Waals surface area contributed by atoms with E-state index in [2.05, 4.69) is 20.5 Å².